The molecule has 0 saturated heterocycles. The zero-order chi connectivity index (χ0) is 15.6. The van der Waals surface area contributed by atoms with Crippen molar-refractivity contribution in [1.82, 2.24) is 0 Å². The quantitative estimate of drug-likeness (QED) is 0.614. The number of ketones is 1. The lowest BCUT2D eigenvalue weighted by atomic mass is 9.49. The fourth-order valence-electron chi connectivity index (χ4n) is 4.01. The molecule has 0 aromatic heterocycles. The summed E-state index contributed by atoms with van der Waals surface area (Å²) >= 11 is 0. The lowest BCUT2D eigenvalue weighted by Crippen LogP contribution is -2.51. The first kappa shape index (κ1) is 16.3. The minimum atomic E-state index is -0.121. The van der Waals surface area contributed by atoms with E-state index < -0.39 is 0 Å². The molecule has 1 nitrogen and oxygen atoms in total. The molecule has 2 aliphatic carbocycles. The van der Waals surface area contributed by atoms with Crippen LogP contribution >= 0.6 is 0 Å². The molecule has 2 aliphatic rings. The van der Waals surface area contributed by atoms with Gasteiger partial charge >= 0.3 is 0 Å². The lowest BCUT2D eigenvalue weighted by molar-refractivity contribution is -0.142. The summed E-state index contributed by atoms with van der Waals surface area (Å²) in [5, 5.41) is 0. The minimum absolute atomic E-state index is 0.121. The van der Waals surface area contributed by atoms with Crippen molar-refractivity contribution in [2.75, 3.05) is 0 Å². The second kappa shape index (κ2) is 6.34. The maximum atomic E-state index is 12.7. The van der Waals surface area contributed by atoms with Gasteiger partial charge in [-0.15, -0.1) is 0 Å². The second-order valence-electron chi connectivity index (χ2n) is 7.53. The van der Waals surface area contributed by atoms with Gasteiger partial charge in [-0.05, 0) is 64.7 Å². The number of hydrogen-bond acceptors (Lipinski definition) is 1. The van der Waals surface area contributed by atoms with Gasteiger partial charge in [0.25, 0.3) is 0 Å². The largest absolute Gasteiger partial charge is 0.299 e. The van der Waals surface area contributed by atoms with Crippen molar-refractivity contribution in [3.63, 3.8) is 0 Å². The van der Waals surface area contributed by atoms with E-state index >= 15 is 0 Å². The van der Waals surface area contributed by atoms with Crippen LogP contribution in [0.3, 0.4) is 0 Å². The van der Waals surface area contributed by atoms with Gasteiger partial charge < -0.3 is 0 Å². The summed E-state index contributed by atoms with van der Waals surface area (Å²) in [6, 6.07) is 0. The normalized spacial score (nSPS) is 35.2. The topological polar surface area (TPSA) is 17.1 Å². The summed E-state index contributed by atoms with van der Waals surface area (Å²) in [4.78, 5) is 12.7. The summed E-state index contributed by atoms with van der Waals surface area (Å²) in [5.41, 5.74) is 3.97. The van der Waals surface area contributed by atoms with Crippen LogP contribution in [0, 0.1) is 17.3 Å². The first-order valence-electron chi connectivity index (χ1n) is 8.34. The van der Waals surface area contributed by atoms with Gasteiger partial charge in [-0.2, -0.15) is 0 Å². The Labute approximate surface area is 130 Å². The van der Waals surface area contributed by atoms with E-state index in [1.807, 2.05) is 0 Å². The van der Waals surface area contributed by atoms with E-state index in [2.05, 4.69) is 46.4 Å². The SMILES string of the molecule is C=C1CC/C=C(/C)CC[C@H]2[C@H]1C[C@]2(C)C(=O)CC=C(C)C. The average Bonchev–Trinajstić information content (AvgIpc) is 2.45. The van der Waals surface area contributed by atoms with Gasteiger partial charge in [0.2, 0.25) is 0 Å². The van der Waals surface area contributed by atoms with Crippen molar-refractivity contribution >= 4 is 5.78 Å². The predicted molar refractivity (Wildman–Crippen MR) is 90.1 cm³/mol. The molecular formula is C20H30O. The van der Waals surface area contributed by atoms with Crippen LogP contribution in [0.1, 0.15) is 66.2 Å². The Hall–Kier alpha value is -1.11. The van der Waals surface area contributed by atoms with Crippen LogP contribution in [0.5, 0.6) is 0 Å². The maximum absolute atomic E-state index is 12.7. The summed E-state index contributed by atoms with van der Waals surface area (Å²) < 4.78 is 0. The molecule has 0 aromatic rings. The third kappa shape index (κ3) is 3.39. The third-order valence-corrected chi connectivity index (χ3v) is 5.61. The Bertz CT molecular complexity index is 490. The van der Waals surface area contributed by atoms with E-state index in [0.717, 1.165) is 32.1 Å². The van der Waals surface area contributed by atoms with E-state index in [-0.39, 0.29) is 5.41 Å². The van der Waals surface area contributed by atoms with E-state index in [4.69, 9.17) is 0 Å². The smallest absolute Gasteiger partial charge is 0.142 e. The molecule has 1 fully saturated rings. The predicted octanol–water partition coefficient (Wildman–Crippen LogP) is 5.63. The Morgan fingerprint density at radius 1 is 1.43 bits per heavy atom. The molecule has 0 aromatic carbocycles. The van der Waals surface area contributed by atoms with E-state index in [0.29, 0.717) is 24.0 Å². The van der Waals surface area contributed by atoms with Crippen molar-refractivity contribution in [2.24, 2.45) is 17.3 Å². The first-order valence-corrected chi connectivity index (χ1v) is 8.34. The lowest BCUT2D eigenvalue weighted by Gasteiger charge is -2.53. The van der Waals surface area contributed by atoms with Crippen LogP contribution in [0.4, 0.5) is 0 Å². The molecule has 0 aliphatic heterocycles. The fraction of sp³-hybridized carbons (Fsp3) is 0.650. The van der Waals surface area contributed by atoms with Crippen LogP contribution in [0.15, 0.2) is 35.5 Å². The highest BCUT2D eigenvalue weighted by molar-refractivity contribution is 5.87. The molecule has 0 heterocycles. The van der Waals surface area contributed by atoms with Crippen LogP contribution in [0.2, 0.25) is 0 Å². The molecule has 0 radical (unpaired) electrons. The zero-order valence-corrected chi connectivity index (χ0v) is 14.2. The zero-order valence-electron chi connectivity index (χ0n) is 14.2. The number of carbonyl (C=O) groups is 1. The van der Waals surface area contributed by atoms with Crippen molar-refractivity contribution in [2.45, 2.75) is 66.2 Å². The molecule has 1 saturated carbocycles. The monoisotopic (exact) mass is 286 g/mol. The van der Waals surface area contributed by atoms with E-state index in [1.165, 1.54) is 16.7 Å². The maximum Gasteiger partial charge on any atom is 0.142 e. The van der Waals surface area contributed by atoms with Crippen molar-refractivity contribution in [3.8, 4) is 0 Å². The second-order valence-corrected chi connectivity index (χ2v) is 7.53. The Morgan fingerprint density at radius 2 is 2.14 bits per heavy atom. The number of allylic oxidation sites excluding steroid dienone is 5. The summed E-state index contributed by atoms with van der Waals surface area (Å²) in [7, 11) is 0. The van der Waals surface area contributed by atoms with Gasteiger partial charge in [-0.25, -0.2) is 0 Å². The van der Waals surface area contributed by atoms with Crippen molar-refractivity contribution < 1.29 is 4.79 Å². The fourth-order valence-corrected chi connectivity index (χ4v) is 4.01. The number of rotatable bonds is 3. The Kier molecular flexibility index (Phi) is 4.91. The highest BCUT2D eigenvalue weighted by Crippen LogP contribution is 2.57. The Morgan fingerprint density at radius 3 is 2.81 bits per heavy atom. The van der Waals surface area contributed by atoms with E-state index in [1.54, 1.807) is 0 Å². The Balaban J connectivity index is 2.13. The van der Waals surface area contributed by atoms with Crippen LogP contribution in [0.25, 0.3) is 0 Å². The number of fused-ring (bicyclic) bond motifs is 1. The highest BCUT2D eigenvalue weighted by Gasteiger charge is 2.54. The van der Waals surface area contributed by atoms with Crippen molar-refractivity contribution in [3.05, 3.63) is 35.5 Å². The molecule has 0 N–H and O–H groups in total. The van der Waals surface area contributed by atoms with Gasteiger partial charge in [-0.1, -0.05) is 42.4 Å². The van der Waals surface area contributed by atoms with Crippen LogP contribution < -0.4 is 0 Å². The van der Waals surface area contributed by atoms with Crippen LogP contribution in [-0.4, -0.2) is 5.78 Å². The molecule has 0 spiro atoms. The summed E-state index contributed by atoms with van der Waals surface area (Å²) in [5.74, 6) is 1.51. The molecule has 0 unspecified atom stereocenters. The highest BCUT2D eigenvalue weighted by atomic mass is 16.1. The minimum Gasteiger partial charge on any atom is -0.299 e. The van der Waals surface area contributed by atoms with Gasteiger partial charge in [0.15, 0.2) is 0 Å². The van der Waals surface area contributed by atoms with Gasteiger partial charge in [0, 0.05) is 11.8 Å². The van der Waals surface area contributed by atoms with Gasteiger partial charge in [-0.3, -0.25) is 4.79 Å². The number of hydrogen-bond donors (Lipinski definition) is 0. The van der Waals surface area contributed by atoms with Crippen molar-refractivity contribution in [1.29, 1.82) is 0 Å². The summed E-state index contributed by atoms with van der Waals surface area (Å²) in [6.45, 7) is 12.9. The molecule has 0 bridgehead atoms. The first-order chi connectivity index (χ1) is 9.84. The molecular weight excluding hydrogens is 256 g/mol. The molecule has 21 heavy (non-hydrogen) atoms. The van der Waals surface area contributed by atoms with Crippen LogP contribution in [-0.2, 0) is 4.79 Å². The van der Waals surface area contributed by atoms with Gasteiger partial charge in [0.05, 0.1) is 0 Å². The standard InChI is InChI=1S/C20H30O/c1-14(2)9-12-19(21)20(5)13-17-16(4)8-6-7-15(3)10-11-18(17)20/h7,9,17-18H,4,6,8,10-13H2,1-3,5H3/b15-7-/t17-,18-,20-/m0/s1. The molecule has 0 amide bonds. The molecule has 3 atom stereocenters. The average molecular weight is 286 g/mol. The van der Waals surface area contributed by atoms with E-state index in [9.17, 15) is 4.79 Å². The molecule has 116 valence electrons. The molecule has 1 heteroatoms. The number of Topliss-reactive ketones (excluding diaryl/α,β-unsaturated/α-hetero) is 1. The number of carbonyl (C=O) groups excluding carboxylic acids is 1. The summed E-state index contributed by atoms with van der Waals surface area (Å²) in [6.07, 6.45) is 10.6. The third-order valence-electron chi connectivity index (χ3n) is 5.61. The molecule has 2 rings (SSSR count). The van der Waals surface area contributed by atoms with Gasteiger partial charge in [0.1, 0.15) is 5.78 Å².